The third-order valence-electron chi connectivity index (χ3n) is 2.90. The molecule has 0 unspecified atom stereocenters. The average Bonchev–Trinajstić information content (AvgIpc) is 2.98. The second-order valence-corrected chi connectivity index (χ2v) is 7.76. The molecule has 0 saturated carbocycles. The number of fused-ring (bicyclic) bond motifs is 1. The van der Waals surface area contributed by atoms with Gasteiger partial charge < -0.3 is 4.74 Å². The molecule has 0 aliphatic heterocycles. The summed E-state index contributed by atoms with van der Waals surface area (Å²) in [6.45, 7) is 0. The van der Waals surface area contributed by atoms with Gasteiger partial charge in [0.2, 0.25) is 0 Å². The van der Waals surface area contributed by atoms with Crippen LogP contribution in [-0.4, -0.2) is 28.8 Å². The molecule has 0 amide bonds. The number of esters is 1. The Hall–Kier alpha value is -1.44. The summed E-state index contributed by atoms with van der Waals surface area (Å²) >= 11 is 6.40. The Morgan fingerprint density at radius 2 is 1.95 bits per heavy atom. The molecule has 2 aromatic heterocycles. The zero-order valence-corrected chi connectivity index (χ0v) is 14.8. The van der Waals surface area contributed by atoms with E-state index in [1.807, 2.05) is 36.4 Å². The number of ether oxygens (including phenoxy) is 1. The molecule has 0 atom stereocenters. The molecule has 0 aliphatic carbocycles. The van der Waals surface area contributed by atoms with Gasteiger partial charge in [0.1, 0.15) is 10.7 Å². The molecule has 0 aliphatic rings. The van der Waals surface area contributed by atoms with Crippen molar-refractivity contribution in [2.24, 2.45) is 0 Å². The number of methoxy groups -OCH3 is 1. The summed E-state index contributed by atoms with van der Waals surface area (Å²) in [5.41, 5.74) is 2.45. The largest absolute Gasteiger partial charge is 0.468 e. The first-order chi connectivity index (χ1) is 10.7. The Kier molecular flexibility index (Phi) is 4.75. The zero-order valence-electron chi connectivity index (χ0n) is 11.6. The number of thiophene rings is 1. The van der Waals surface area contributed by atoms with E-state index in [0.717, 1.165) is 30.4 Å². The second kappa shape index (κ2) is 6.76. The van der Waals surface area contributed by atoms with Gasteiger partial charge in [0.25, 0.3) is 0 Å². The van der Waals surface area contributed by atoms with Crippen molar-refractivity contribution in [2.45, 2.75) is 5.03 Å². The highest BCUT2D eigenvalue weighted by atomic mass is 79.9. The van der Waals surface area contributed by atoms with Gasteiger partial charge in [-0.05, 0) is 40.2 Å². The van der Waals surface area contributed by atoms with Crippen LogP contribution in [0.1, 0.15) is 0 Å². The first kappa shape index (κ1) is 15.5. The molecule has 7 heteroatoms. The Labute approximate surface area is 144 Å². The fourth-order valence-corrected chi connectivity index (χ4v) is 4.14. The number of hydrogen-bond acceptors (Lipinski definition) is 6. The van der Waals surface area contributed by atoms with Crippen molar-refractivity contribution < 1.29 is 9.53 Å². The lowest BCUT2D eigenvalue weighted by Gasteiger charge is -2.07. The number of halogens is 1. The number of nitrogens with zero attached hydrogens (tertiary/aromatic N) is 2. The van der Waals surface area contributed by atoms with E-state index in [0.29, 0.717) is 0 Å². The first-order valence-electron chi connectivity index (χ1n) is 6.39. The zero-order chi connectivity index (χ0) is 15.5. The van der Waals surface area contributed by atoms with Crippen molar-refractivity contribution >= 4 is 56.0 Å². The summed E-state index contributed by atoms with van der Waals surface area (Å²) in [6, 6.07) is 11.7. The number of rotatable bonds is 4. The lowest BCUT2D eigenvalue weighted by atomic mass is 10.3. The Morgan fingerprint density at radius 1 is 1.23 bits per heavy atom. The normalized spacial score (nSPS) is 10.8. The first-order valence-corrected chi connectivity index (χ1v) is 8.99. The van der Waals surface area contributed by atoms with Gasteiger partial charge in [0, 0.05) is 0 Å². The van der Waals surface area contributed by atoms with Crippen molar-refractivity contribution in [3.63, 3.8) is 0 Å². The summed E-state index contributed by atoms with van der Waals surface area (Å²) in [7, 11) is 1.38. The van der Waals surface area contributed by atoms with E-state index in [-0.39, 0.29) is 11.7 Å². The molecule has 2 heterocycles. The van der Waals surface area contributed by atoms with Crippen molar-refractivity contribution in [3.8, 4) is 10.6 Å². The summed E-state index contributed by atoms with van der Waals surface area (Å²) in [5, 5.41) is 0.735. The van der Waals surface area contributed by atoms with Gasteiger partial charge in [0.05, 0.1) is 32.6 Å². The number of carbonyl (C=O) groups excluding carboxylic acids is 1. The standard InChI is InChI=1S/C15H11BrN2O2S2/c1-20-13(19)8-21-15-14(11-6-7-12(16)22-11)17-9-4-2-3-5-10(9)18-15/h2-7H,8H2,1H3. The number of para-hydroxylation sites is 2. The maximum Gasteiger partial charge on any atom is 0.316 e. The molecule has 0 N–H and O–H groups in total. The Bertz CT molecular complexity index is 835. The SMILES string of the molecule is COC(=O)CSc1nc2ccccc2nc1-c1ccc(Br)s1. The molecular formula is C15H11BrN2O2S2. The van der Waals surface area contributed by atoms with Gasteiger partial charge in [-0.15, -0.1) is 11.3 Å². The third-order valence-corrected chi connectivity index (χ3v) is 5.47. The van der Waals surface area contributed by atoms with Crippen LogP contribution in [0.4, 0.5) is 0 Å². The molecule has 3 aromatic rings. The Morgan fingerprint density at radius 3 is 2.59 bits per heavy atom. The number of aromatic nitrogens is 2. The molecule has 0 fully saturated rings. The van der Waals surface area contributed by atoms with E-state index >= 15 is 0 Å². The highest BCUT2D eigenvalue weighted by Gasteiger charge is 2.15. The number of hydrogen-bond donors (Lipinski definition) is 0. The minimum atomic E-state index is -0.279. The van der Waals surface area contributed by atoms with Crippen LogP contribution in [0.15, 0.2) is 45.2 Å². The topological polar surface area (TPSA) is 52.1 Å². The van der Waals surface area contributed by atoms with Crippen LogP contribution in [0.5, 0.6) is 0 Å². The second-order valence-electron chi connectivity index (χ2n) is 4.33. The van der Waals surface area contributed by atoms with Gasteiger partial charge in [-0.1, -0.05) is 23.9 Å². The highest BCUT2D eigenvalue weighted by Crippen LogP contribution is 2.36. The molecule has 4 nitrogen and oxygen atoms in total. The van der Waals surface area contributed by atoms with Crippen LogP contribution in [0.3, 0.4) is 0 Å². The van der Waals surface area contributed by atoms with Crippen molar-refractivity contribution in [3.05, 3.63) is 40.2 Å². The van der Waals surface area contributed by atoms with Gasteiger partial charge in [-0.3, -0.25) is 4.79 Å². The minimum absolute atomic E-state index is 0.211. The average molecular weight is 395 g/mol. The predicted molar refractivity (Wildman–Crippen MR) is 93.3 cm³/mol. The fraction of sp³-hybridized carbons (Fsp3) is 0.133. The maximum atomic E-state index is 11.4. The lowest BCUT2D eigenvalue weighted by molar-refractivity contribution is -0.137. The summed E-state index contributed by atoms with van der Waals surface area (Å²) in [4.78, 5) is 21.8. The van der Waals surface area contributed by atoms with Gasteiger partial charge >= 0.3 is 5.97 Å². The quantitative estimate of drug-likeness (QED) is 0.485. The van der Waals surface area contributed by atoms with Crippen LogP contribution in [0.2, 0.25) is 0 Å². The molecule has 0 radical (unpaired) electrons. The number of carbonyl (C=O) groups is 1. The number of thioether (sulfide) groups is 1. The van der Waals surface area contributed by atoms with E-state index < -0.39 is 0 Å². The van der Waals surface area contributed by atoms with Crippen LogP contribution in [0.25, 0.3) is 21.6 Å². The molecule has 1 aromatic carbocycles. The van der Waals surface area contributed by atoms with Crippen molar-refractivity contribution in [1.29, 1.82) is 0 Å². The minimum Gasteiger partial charge on any atom is -0.468 e. The molecule has 0 bridgehead atoms. The van der Waals surface area contributed by atoms with Gasteiger partial charge in [-0.25, -0.2) is 9.97 Å². The van der Waals surface area contributed by atoms with Crippen LogP contribution in [-0.2, 0) is 9.53 Å². The summed E-state index contributed by atoms with van der Waals surface area (Å²) < 4.78 is 5.73. The maximum absolute atomic E-state index is 11.4. The van der Waals surface area contributed by atoms with Crippen LogP contribution in [0, 0.1) is 0 Å². The predicted octanol–water partition coefficient (Wildman–Crippen LogP) is 4.39. The molecule has 22 heavy (non-hydrogen) atoms. The van der Waals surface area contributed by atoms with E-state index in [1.165, 1.54) is 18.9 Å². The monoisotopic (exact) mass is 394 g/mol. The molecule has 0 spiro atoms. The molecule has 0 saturated heterocycles. The van der Waals surface area contributed by atoms with E-state index in [1.54, 1.807) is 11.3 Å². The van der Waals surface area contributed by atoms with E-state index in [9.17, 15) is 4.79 Å². The lowest BCUT2D eigenvalue weighted by Crippen LogP contribution is -2.04. The van der Waals surface area contributed by atoms with Crippen LogP contribution >= 0.6 is 39.0 Å². The molecule has 3 rings (SSSR count). The van der Waals surface area contributed by atoms with Gasteiger partial charge in [-0.2, -0.15) is 0 Å². The highest BCUT2D eigenvalue weighted by molar-refractivity contribution is 9.11. The van der Waals surface area contributed by atoms with Gasteiger partial charge in [0.15, 0.2) is 0 Å². The third kappa shape index (κ3) is 3.31. The Balaban J connectivity index is 2.07. The smallest absolute Gasteiger partial charge is 0.316 e. The fourth-order valence-electron chi connectivity index (χ4n) is 1.87. The summed E-state index contributed by atoms with van der Waals surface area (Å²) in [5.74, 6) is -0.0680. The van der Waals surface area contributed by atoms with Crippen LogP contribution < -0.4 is 0 Å². The van der Waals surface area contributed by atoms with E-state index in [4.69, 9.17) is 9.72 Å². The van der Waals surface area contributed by atoms with Crippen molar-refractivity contribution in [1.82, 2.24) is 9.97 Å². The summed E-state index contributed by atoms with van der Waals surface area (Å²) in [6.07, 6.45) is 0. The molecular weight excluding hydrogens is 384 g/mol. The molecule has 112 valence electrons. The van der Waals surface area contributed by atoms with Crippen molar-refractivity contribution in [2.75, 3.05) is 12.9 Å². The number of benzene rings is 1. The van der Waals surface area contributed by atoms with E-state index in [2.05, 4.69) is 20.9 Å².